The van der Waals surface area contributed by atoms with Crippen molar-refractivity contribution < 1.29 is 31.2 Å². The van der Waals surface area contributed by atoms with Gasteiger partial charge in [0.1, 0.15) is 10.8 Å². The zero-order chi connectivity index (χ0) is 26.1. The fourth-order valence-corrected chi connectivity index (χ4v) is 4.83. The van der Waals surface area contributed by atoms with Crippen LogP contribution in [0, 0.1) is 0 Å². The molecule has 188 valence electrons. The maximum Gasteiger partial charge on any atom is 0.451 e. The maximum atomic E-state index is 13.4. The molecule has 15 heteroatoms. The summed E-state index contributed by atoms with van der Waals surface area (Å²) >= 11 is 6.15. The van der Waals surface area contributed by atoms with Crippen molar-refractivity contribution in [3.8, 4) is 11.4 Å². The molecule has 0 spiro atoms. The molecule has 1 N–H and O–H groups in total. The van der Waals surface area contributed by atoms with Crippen LogP contribution in [0.25, 0.3) is 11.4 Å². The topological polar surface area (TPSA) is 125 Å². The van der Waals surface area contributed by atoms with Crippen LogP contribution in [0.15, 0.2) is 30.9 Å². The van der Waals surface area contributed by atoms with Gasteiger partial charge in [-0.2, -0.15) is 17.5 Å². The molecular weight excluding hydrogens is 513 g/mol. The van der Waals surface area contributed by atoms with E-state index in [0.717, 1.165) is 22.7 Å². The minimum atomic E-state index is -4.96. The van der Waals surface area contributed by atoms with E-state index in [4.69, 9.17) is 11.6 Å². The Hall–Kier alpha value is -3.10. The molecule has 10 nitrogen and oxygen atoms in total. The van der Waals surface area contributed by atoms with E-state index in [2.05, 4.69) is 26.8 Å². The fraction of sp³-hybridized carbons (Fsp3) is 0.350. The number of alkyl halides is 3. The average molecular weight is 533 g/mol. The van der Waals surface area contributed by atoms with Crippen LogP contribution >= 0.6 is 11.6 Å². The van der Waals surface area contributed by atoms with Crippen molar-refractivity contribution in [3.05, 3.63) is 53.1 Å². The van der Waals surface area contributed by atoms with E-state index in [-0.39, 0.29) is 41.7 Å². The van der Waals surface area contributed by atoms with E-state index in [9.17, 15) is 31.2 Å². The molecule has 3 rings (SSSR count). The number of nitrogens with one attached hydrogen (secondary N) is 1. The number of rotatable bonds is 5. The molecular formula is C20H20ClF3N6O4S. The predicted octanol–water partition coefficient (Wildman–Crippen LogP) is 1.90. The van der Waals surface area contributed by atoms with Crippen LogP contribution in [0.4, 0.5) is 13.2 Å². The monoisotopic (exact) mass is 532 g/mol. The highest BCUT2D eigenvalue weighted by Crippen LogP contribution is 2.33. The third-order valence-corrected chi connectivity index (χ3v) is 6.63. The third-order valence-electron chi connectivity index (χ3n) is 5.15. The summed E-state index contributed by atoms with van der Waals surface area (Å²) in [7, 11) is -2.51. The van der Waals surface area contributed by atoms with Crippen LogP contribution in [-0.4, -0.2) is 77.3 Å². The number of carbonyl (C=O) groups is 2. The summed E-state index contributed by atoms with van der Waals surface area (Å²) < 4.78 is 66.2. The predicted molar refractivity (Wildman–Crippen MR) is 120 cm³/mol. The van der Waals surface area contributed by atoms with Gasteiger partial charge in [-0.1, -0.05) is 18.2 Å². The van der Waals surface area contributed by atoms with Crippen LogP contribution in [0.3, 0.4) is 0 Å². The molecule has 2 aromatic heterocycles. The van der Waals surface area contributed by atoms with E-state index in [1.165, 1.54) is 24.1 Å². The van der Waals surface area contributed by atoms with Gasteiger partial charge in [-0.15, -0.1) is 0 Å². The molecule has 0 unspecified atom stereocenters. The van der Waals surface area contributed by atoms with Crippen LogP contribution in [-0.2, 0) is 21.0 Å². The van der Waals surface area contributed by atoms with Gasteiger partial charge in [-0.3, -0.25) is 9.59 Å². The Labute approximate surface area is 203 Å². The summed E-state index contributed by atoms with van der Waals surface area (Å²) in [6.45, 7) is 3.48. The van der Waals surface area contributed by atoms with Gasteiger partial charge in [-0.25, -0.2) is 23.4 Å². The zero-order valence-corrected chi connectivity index (χ0v) is 20.1. The second-order valence-corrected chi connectivity index (χ2v) is 9.85. The molecule has 0 saturated carbocycles. The van der Waals surface area contributed by atoms with Gasteiger partial charge < -0.3 is 10.2 Å². The lowest BCUT2D eigenvalue weighted by Crippen LogP contribution is -2.51. The molecule has 1 aliphatic heterocycles. The molecule has 1 atom stereocenters. The number of hydrogen-bond donors (Lipinski definition) is 1. The minimum Gasteiger partial charge on any atom is -0.354 e. The first kappa shape index (κ1) is 26.5. The normalized spacial score (nSPS) is 17.2. The van der Waals surface area contributed by atoms with Gasteiger partial charge in [0.25, 0.3) is 5.91 Å². The number of aromatic nitrogens is 3. The number of halogens is 4. The average Bonchev–Trinajstić information content (AvgIpc) is 2.80. The summed E-state index contributed by atoms with van der Waals surface area (Å²) in [5.41, 5.74) is -0.784. The SMILES string of the molecule is C=CC(=O)N1CCN(S(C)(=O)=O)[C@@H](c2cc(Cl)nc(-c3cc(C(=O)NC)nc(C(F)(F)F)n3)c2)C1. The minimum absolute atomic E-state index is 0.0229. The molecule has 35 heavy (non-hydrogen) atoms. The highest BCUT2D eigenvalue weighted by molar-refractivity contribution is 7.88. The lowest BCUT2D eigenvalue weighted by atomic mass is 10.0. The van der Waals surface area contributed by atoms with E-state index < -0.39 is 45.6 Å². The molecule has 3 heterocycles. The summed E-state index contributed by atoms with van der Waals surface area (Å²) in [6, 6.07) is 2.76. The number of nitrogens with zero attached hydrogens (tertiary/aromatic N) is 5. The molecule has 2 amide bonds. The number of carbonyl (C=O) groups excluding carboxylic acids is 2. The molecule has 0 aromatic carbocycles. The van der Waals surface area contributed by atoms with Gasteiger partial charge in [0.05, 0.1) is 23.7 Å². The van der Waals surface area contributed by atoms with E-state index in [0.29, 0.717) is 0 Å². The Kier molecular flexibility index (Phi) is 7.48. The standard InChI is InChI=1S/C20H20ClF3N6O4S/c1-4-17(31)29-5-6-30(35(3,33)34)15(10-29)11-7-12(26-16(21)8-11)13-9-14(18(32)25-2)28-19(27-13)20(22,23)24/h4,7-9,15H,1,5-6,10H2,2-3H3,(H,25,32)/t15-/m1/s1. The second-order valence-electron chi connectivity index (χ2n) is 7.53. The van der Waals surface area contributed by atoms with Crippen LogP contribution in [0.5, 0.6) is 0 Å². The number of pyridine rings is 1. The summed E-state index contributed by atoms with van der Waals surface area (Å²) in [5, 5.41) is 2.03. The van der Waals surface area contributed by atoms with Gasteiger partial charge in [0, 0.05) is 26.7 Å². The van der Waals surface area contributed by atoms with Crippen molar-refractivity contribution in [1.29, 1.82) is 0 Å². The van der Waals surface area contributed by atoms with Gasteiger partial charge >= 0.3 is 6.18 Å². The highest BCUT2D eigenvalue weighted by Gasteiger charge is 2.37. The lowest BCUT2D eigenvalue weighted by Gasteiger charge is -2.40. The molecule has 1 fully saturated rings. The fourth-order valence-electron chi connectivity index (χ4n) is 3.55. The quantitative estimate of drug-likeness (QED) is 0.460. The van der Waals surface area contributed by atoms with Gasteiger partial charge in [-0.05, 0) is 29.8 Å². The Bertz CT molecular complexity index is 1290. The molecule has 0 bridgehead atoms. The zero-order valence-electron chi connectivity index (χ0n) is 18.5. The Balaban J connectivity index is 2.16. The van der Waals surface area contributed by atoms with Crippen molar-refractivity contribution in [2.75, 3.05) is 32.9 Å². The molecule has 2 aromatic rings. The number of hydrogen-bond acceptors (Lipinski definition) is 7. The largest absolute Gasteiger partial charge is 0.451 e. The van der Waals surface area contributed by atoms with E-state index in [1.54, 1.807) is 0 Å². The van der Waals surface area contributed by atoms with Crippen molar-refractivity contribution in [2.45, 2.75) is 12.2 Å². The van der Waals surface area contributed by atoms with Crippen molar-refractivity contribution in [3.63, 3.8) is 0 Å². The first-order valence-corrected chi connectivity index (χ1v) is 12.2. The molecule has 0 aliphatic carbocycles. The van der Waals surface area contributed by atoms with Crippen LogP contribution in [0.1, 0.15) is 27.9 Å². The Morgan fingerprint density at radius 2 is 1.83 bits per heavy atom. The van der Waals surface area contributed by atoms with E-state index >= 15 is 0 Å². The van der Waals surface area contributed by atoms with Crippen molar-refractivity contribution >= 4 is 33.4 Å². The smallest absolute Gasteiger partial charge is 0.354 e. The molecule has 1 aliphatic rings. The number of piperazine rings is 1. The molecule has 1 saturated heterocycles. The van der Waals surface area contributed by atoms with Crippen LogP contribution in [0.2, 0.25) is 5.15 Å². The molecule has 0 radical (unpaired) electrons. The first-order valence-electron chi connectivity index (χ1n) is 9.99. The lowest BCUT2D eigenvalue weighted by molar-refractivity contribution is -0.145. The third kappa shape index (κ3) is 5.94. The highest BCUT2D eigenvalue weighted by atomic mass is 35.5. The maximum absolute atomic E-state index is 13.4. The first-order chi connectivity index (χ1) is 16.2. The van der Waals surface area contributed by atoms with Crippen LogP contribution < -0.4 is 5.32 Å². The van der Waals surface area contributed by atoms with Crippen molar-refractivity contribution in [1.82, 2.24) is 29.5 Å². The Morgan fingerprint density at radius 1 is 1.17 bits per heavy atom. The second kappa shape index (κ2) is 9.87. The van der Waals surface area contributed by atoms with Gasteiger partial charge in [0.2, 0.25) is 21.8 Å². The summed E-state index contributed by atoms with van der Waals surface area (Å²) in [6.07, 6.45) is -2.86. The van der Waals surface area contributed by atoms with Gasteiger partial charge in [0.15, 0.2) is 0 Å². The van der Waals surface area contributed by atoms with Crippen molar-refractivity contribution in [2.24, 2.45) is 0 Å². The van der Waals surface area contributed by atoms with E-state index in [1.807, 2.05) is 0 Å². The summed E-state index contributed by atoms with van der Waals surface area (Å²) in [4.78, 5) is 36.3. The number of sulfonamides is 1. The number of amides is 2. The summed E-state index contributed by atoms with van der Waals surface area (Å²) in [5.74, 6) is -2.85. The Morgan fingerprint density at radius 3 is 2.40 bits per heavy atom.